The van der Waals surface area contributed by atoms with Crippen molar-refractivity contribution in [2.75, 3.05) is 0 Å². The van der Waals surface area contributed by atoms with Gasteiger partial charge in [0.05, 0.1) is 10.6 Å². The van der Waals surface area contributed by atoms with Crippen LogP contribution in [0.15, 0.2) is 0 Å². The van der Waals surface area contributed by atoms with E-state index in [1.165, 1.54) is 11.5 Å². The Hall–Kier alpha value is -0.920. The first-order valence-electron chi connectivity index (χ1n) is 4.29. The fourth-order valence-electron chi connectivity index (χ4n) is 1.11. The number of nitrogens with zero attached hydrogens (tertiary/aromatic N) is 2. The quantitative estimate of drug-likeness (QED) is 0.741. The van der Waals surface area contributed by atoms with Crippen LogP contribution >= 0.6 is 11.5 Å². The Morgan fingerprint density at radius 3 is 3.08 bits per heavy atom. The van der Waals surface area contributed by atoms with Crippen LogP contribution in [-0.4, -0.2) is 9.59 Å². The molecular weight excluding hydrogens is 182 g/mol. The van der Waals surface area contributed by atoms with Crippen LogP contribution in [-0.2, 0) is 6.42 Å². The largest absolute Gasteiger partial charge is 0.323 e. The topological polar surface area (TPSA) is 51.8 Å². The molecular formula is C9H13N3S. The van der Waals surface area contributed by atoms with E-state index in [0.29, 0.717) is 6.42 Å². The molecule has 1 aromatic rings. The summed E-state index contributed by atoms with van der Waals surface area (Å²) in [6.45, 7) is 2.05. The monoisotopic (exact) mass is 195 g/mol. The van der Waals surface area contributed by atoms with Crippen LogP contribution in [0, 0.1) is 12.3 Å². The molecule has 1 atom stereocenters. The normalized spacial score (nSPS) is 12.4. The lowest BCUT2D eigenvalue weighted by molar-refractivity contribution is 0.670. The first-order chi connectivity index (χ1) is 6.29. The molecule has 2 N–H and O–H groups in total. The van der Waals surface area contributed by atoms with Crippen LogP contribution in [0.4, 0.5) is 0 Å². The van der Waals surface area contributed by atoms with Crippen LogP contribution in [0.25, 0.3) is 0 Å². The highest BCUT2D eigenvalue weighted by Gasteiger charge is 2.13. The lowest BCUT2D eigenvalue weighted by Gasteiger charge is -2.07. The summed E-state index contributed by atoms with van der Waals surface area (Å²) in [5.74, 6) is 2.58. The van der Waals surface area contributed by atoms with Gasteiger partial charge in [0.1, 0.15) is 0 Å². The lowest BCUT2D eigenvalue weighted by Crippen LogP contribution is -2.10. The van der Waals surface area contributed by atoms with Gasteiger partial charge in [-0.2, -0.15) is 0 Å². The van der Waals surface area contributed by atoms with Crippen molar-refractivity contribution < 1.29 is 0 Å². The zero-order chi connectivity index (χ0) is 9.68. The molecule has 0 radical (unpaired) electrons. The maximum absolute atomic E-state index is 5.94. The second kappa shape index (κ2) is 4.95. The summed E-state index contributed by atoms with van der Waals surface area (Å²) >= 11 is 1.38. The molecule has 0 amide bonds. The first-order valence-corrected chi connectivity index (χ1v) is 5.07. The molecule has 0 aliphatic rings. The Bertz CT molecular complexity index is 300. The highest BCUT2D eigenvalue weighted by molar-refractivity contribution is 7.05. The minimum absolute atomic E-state index is 0.00556. The second-order valence-electron chi connectivity index (χ2n) is 2.79. The Kier molecular flexibility index (Phi) is 3.87. The fraction of sp³-hybridized carbons (Fsp3) is 0.556. The van der Waals surface area contributed by atoms with Crippen molar-refractivity contribution in [3.8, 4) is 12.3 Å². The summed E-state index contributed by atoms with van der Waals surface area (Å²) in [6.07, 6.45) is 7.58. The fourth-order valence-corrected chi connectivity index (χ4v) is 1.88. The minimum atomic E-state index is 0.00556. The summed E-state index contributed by atoms with van der Waals surface area (Å²) in [5, 5.41) is 4.00. The van der Waals surface area contributed by atoms with Crippen LogP contribution < -0.4 is 5.73 Å². The van der Waals surface area contributed by atoms with Gasteiger partial charge in [-0.15, -0.1) is 17.4 Å². The average molecular weight is 195 g/mol. The van der Waals surface area contributed by atoms with Gasteiger partial charge in [-0.25, -0.2) is 0 Å². The molecule has 0 spiro atoms. The Balaban J connectivity index is 2.65. The van der Waals surface area contributed by atoms with Crippen molar-refractivity contribution in [1.29, 1.82) is 0 Å². The minimum Gasteiger partial charge on any atom is -0.323 e. The molecule has 0 saturated carbocycles. The second-order valence-corrected chi connectivity index (χ2v) is 3.57. The molecule has 1 heterocycles. The van der Waals surface area contributed by atoms with E-state index in [1.807, 2.05) is 6.92 Å². The van der Waals surface area contributed by atoms with E-state index in [4.69, 9.17) is 12.2 Å². The Morgan fingerprint density at radius 1 is 1.69 bits per heavy atom. The number of nitrogens with two attached hydrogens (primary N) is 1. The van der Waals surface area contributed by atoms with Gasteiger partial charge in [0.15, 0.2) is 0 Å². The number of aromatic nitrogens is 2. The van der Waals surface area contributed by atoms with Crippen molar-refractivity contribution in [3.05, 3.63) is 10.6 Å². The molecule has 0 aromatic carbocycles. The summed E-state index contributed by atoms with van der Waals surface area (Å²) in [5.41, 5.74) is 6.95. The molecule has 3 nitrogen and oxygen atoms in total. The van der Waals surface area contributed by atoms with Gasteiger partial charge in [-0.3, -0.25) is 0 Å². The van der Waals surface area contributed by atoms with Gasteiger partial charge in [0, 0.05) is 12.5 Å². The molecule has 0 saturated heterocycles. The summed E-state index contributed by atoms with van der Waals surface area (Å²) < 4.78 is 3.88. The zero-order valence-corrected chi connectivity index (χ0v) is 8.47. The predicted molar refractivity (Wildman–Crippen MR) is 54.3 cm³/mol. The van der Waals surface area contributed by atoms with E-state index in [9.17, 15) is 0 Å². The van der Waals surface area contributed by atoms with Crippen molar-refractivity contribution in [2.24, 2.45) is 5.73 Å². The van der Waals surface area contributed by atoms with E-state index < -0.39 is 0 Å². The smallest absolute Gasteiger partial charge is 0.0800 e. The third kappa shape index (κ3) is 2.51. The predicted octanol–water partition coefficient (Wildman–Crippen LogP) is 1.51. The molecule has 1 unspecified atom stereocenters. The molecule has 0 aliphatic heterocycles. The number of hydrogen-bond donors (Lipinski definition) is 1. The maximum atomic E-state index is 5.94. The average Bonchev–Trinajstić information content (AvgIpc) is 2.61. The standard InChI is InChI=1S/C9H13N3S/c1-3-5-6-7(10)9-8(4-2)11-12-13-9/h1,7H,4-6,10H2,2H3. The van der Waals surface area contributed by atoms with Crippen LogP contribution in [0.2, 0.25) is 0 Å². The third-order valence-electron chi connectivity index (χ3n) is 1.86. The molecule has 1 aromatic heterocycles. The highest BCUT2D eigenvalue weighted by Crippen LogP contribution is 2.22. The maximum Gasteiger partial charge on any atom is 0.0800 e. The van der Waals surface area contributed by atoms with E-state index in [1.54, 1.807) is 0 Å². The van der Waals surface area contributed by atoms with E-state index in [-0.39, 0.29) is 6.04 Å². The Labute approximate surface area is 82.5 Å². The van der Waals surface area contributed by atoms with E-state index >= 15 is 0 Å². The highest BCUT2D eigenvalue weighted by atomic mass is 32.1. The Morgan fingerprint density at radius 2 is 2.46 bits per heavy atom. The number of terminal acetylenes is 1. The molecule has 0 fully saturated rings. The van der Waals surface area contributed by atoms with E-state index in [0.717, 1.165) is 23.4 Å². The molecule has 0 bridgehead atoms. The van der Waals surface area contributed by atoms with Crippen LogP contribution in [0.3, 0.4) is 0 Å². The molecule has 70 valence electrons. The first kappa shape index (κ1) is 10.2. The molecule has 1 rings (SSSR count). The summed E-state index contributed by atoms with van der Waals surface area (Å²) in [7, 11) is 0. The molecule has 4 heteroatoms. The van der Waals surface area contributed by atoms with Crippen LogP contribution in [0.1, 0.15) is 36.4 Å². The number of hydrogen-bond acceptors (Lipinski definition) is 4. The van der Waals surface area contributed by atoms with Gasteiger partial charge < -0.3 is 5.73 Å². The van der Waals surface area contributed by atoms with Gasteiger partial charge in [-0.05, 0) is 24.4 Å². The zero-order valence-electron chi connectivity index (χ0n) is 7.66. The molecule has 0 aliphatic carbocycles. The van der Waals surface area contributed by atoms with Gasteiger partial charge in [0.2, 0.25) is 0 Å². The SMILES string of the molecule is C#CCCC(N)c1snnc1CC. The summed E-state index contributed by atoms with van der Waals surface area (Å²) in [4.78, 5) is 1.08. The van der Waals surface area contributed by atoms with Crippen molar-refractivity contribution in [3.63, 3.8) is 0 Å². The third-order valence-corrected chi connectivity index (χ3v) is 2.75. The van der Waals surface area contributed by atoms with Crippen molar-refractivity contribution in [1.82, 2.24) is 9.59 Å². The lowest BCUT2D eigenvalue weighted by atomic mass is 10.1. The van der Waals surface area contributed by atoms with Crippen LogP contribution in [0.5, 0.6) is 0 Å². The van der Waals surface area contributed by atoms with Crippen molar-refractivity contribution >= 4 is 11.5 Å². The van der Waals surface area contributed by atoms with Crippen molar-refractivity contribution in [2.45, 2.75) is 32.2 Å². The molecule has 13 heavy (non-hydrogen) atoms. The van der Waals surface area contributed by atoms with Gasteiger partial charge >= 0.3 is 0 Å². The van der Waals surface area contributed by atoms with E-state index in [2.05, 4.69) is 15.5 Å². The summed E-state index contributed by atoms with van der Waals surface area (Å²) in [6, 6.07) is 0.00556. The number of rotatable bonds is 4. The van der Waals surface area contributed by atoms with Gasteiger partial charge in [0.25, 0.3) is 0 Å². The number of aryl methyl sites for hydroxylation is 1. The van der Waals surface area contributed by atoms with Gasteiger partial charge in [-0.1, -0.05) is 11.4 Å².